The summed E-state index contributed by atoms with van der Waals surface area (Å²) in [6, 6.07) is 11.0. The van der Waals surface area contributed by atoms with Gasteiger partial charge < -0.3 is 14.7 Å². The molecule has 0 atom stereocenters. The number of rotatable bonds is 8. The van der Waals surface area contributed by atoms with Crippen LogP contribution in [0.2, 0.25) is 0 Å². The summed E-state index contributed by atoms with van der Waals surface area (Å²) >= 11 is 0. The van der Waals surface area contributed by atoms with Crippen molar-refractivity contribution >= 4 is 5.91 Å². The van der Waals surface area contributed by atoms with Crippen LogP contribution in [0.15, 0.2) is 45.7 Å². The zero-order valence-corrected chi connectivity index (χ0v) is 19.2. The predicted molar refractivity (Wildman–Crippen MR) is 124 cm³/mol. The molecule has 0 unspecified atom stereocenters. The lowest BCUT2D eigenvalue weighted by atomic mass is 9.99. The Kier molecular flexibility index (Phi) is 7.29. The summed E-state index contributed by atoms with van der Waals surface area (Å²) in [5.74, 6) is 0.510. The van der Waals surface area contributed by atoms with Gasteiger partial charge in [-0.2, -0.15) is 10.1 Å². The second-order valence-corrected chi connectivity index (χ2v) is 8.73. The lowest BCUT2D eigenvalue weighted by Crippen LogP contribution is -2.35. The fraction of sp³-hybridized carbons (Fsp3) is 0.458. The van der Waals surface area contributed by atoms with E-state index in [9.17, 15) is 9.59 Å². The molecule has 9 heteroatoms. The molecule has 1 saturated heterocycles. The highest BCUT2D eigenvalue weighted by Gasteiger charge is 2.17. The van der Waals surface area contributed by atoms with Crippen LogP contribution in [0.5, 0.6) is 0 Å². The smallest absolute Gasteiger partial charge is 0.316 e. The highest BCUT2D eigenvalue weighted by molar-refractivity contribution is 5.89. The largest absolute Gasteiger partial charge is 0.348 e. The van der Waals surface area contributed by atoms with Crippen LogP contribution in [-0.4, -0.2) is 56.9 Å². The van der Waals surface area contributed by atoms with Gasteiger partial charge in [0.2, 0.25) is 0 Å². The van der Waals surface area contributed by atoms with Crippen molar-refractivity contribution in [3.8, 4) is 11.3 Å². The van der Waals surface area contributed by atoms with Crippen molar-refractivity contribution in [3.63, 3.8) is 0 Å². The van der Waals surface area contributed by atoms with Gasteiger partial charge in [0.05, 0.1) is 5.69 Å². The maximum absolute atomic E-state index is 12.3. The molecule has 1 amide bonds. The van der Waals surface area contributed by atoms with Crippen LogP contribution in [-0.2, 0) is 6.54 Å². The summed E-state index contributed by atoms with van der Waals surface area (Å²) in [6.45, 7) is 8.08. The van der Waals surface area contributed by atoms with Gasteiger partial charge in [0.1, 0.15) is 6.54 Å². The van der Waals surface area contributed by atoms with Gasteiger partial charge in [-0.15, -0.1) is 0 Å². The number of aromatic nitrogens is 4. The van der Waals surface area contributed by atoms with E-state index in [1.807, 2.05) is 31.2 Å². The summed E-state index contributed by atoms with van der Waals surface area (Å²) in [4.78, 5) is 31.2. The lowest BCUT2D eigenvalue weighted by molar-refractivity contribution is 0.0907. The normalized spacial score (nSPS) is 15.0. The average molecular weight is 451 g/mol. The van der Waals surface area contributed by atoms with E-state index in [2.05, 4.69) is 32.4 Å². The molecule has 1 aromatic carbocycles. The van der Waals surface area contributed by atoms with Crippen molar-refractivity contribution < 1.29 is 9.32 Å². The fourth-order valence-corrected chi connectivity index (χ4v) is 3.85. The van der Waals surface area contributed by atoms with Crippen LogP contribution >= 0.6 is 0 Å². The maximum atomic E-state index is 12.3. The molecular weight excluding hydrogens is 420 g/mol. The molecule has 0 bridgehead atoms. The highest BCUT2D eigenvalue weighted by atomic mass is 16.5. The molecule has 0 saturated carbocycles. The first-order chi connectivity index (χ1) is 16.0. The number of likely N-dealkylation sites (tertiary alicyclic amines) is 1. The molecule has 4 rings (SSSR count). The minimum absolute atomic E-state index is 0.0166. The van der Waals surface area contributed by atoms with E-state index in [1.165, 1.54) is 23.6 Å². The van der Waals surface area contributed by atoms with E-state index in [-0.39, 0.29) is 23.8 Å². The molecule has 33 heavy (non-hydrogen) atoms. The third-order valence-electron chi connectivity index (χ3n) is 5.98. The predicted octanol–water partition coefficient (Wildman–Crippen LogP) is 2.50. The van der Waals surface area contributed by atoms with Crippen LogP contribution in [0, 0.1) is 12.8 Å². The molecule has 1 fully saturated rings. The van der Waals surface area contributed by atoms with Crippen LogP contribution in [0.4, 0.5) is 0 Å². The zero-order valence-electron chi connectivity index (χ0n) is 19.2. The molecule has 9 nitrogen and oxygen atoms in total. The molecule has 2 aromatic heterocycles. The summed E-state index contributed by atoms with van der Waals surface area (Å²) in [6.07, 6.45) is 3.35. The quantitative estimate of drug-likeness (QED) is 0.526. The van der Waals surface area contributed by atoms with Gasteiger partial charge in [0.15, 0.2) is 5.82 Å². The van der Waals surface area contributed by atoms with Gasteiger partial charge >= 0.3 is 11.8 Å². The monoisotopic (exact) mass is 450 g/mol. The van der Waals surface area contributed by atoms with Crippen molar-refractivity contribution in [1.29, 1.82) is 0 Å². The first-order valence-electron chi connectivity index (χ1n) is 11.5. The molecule has 0 spiro atoms. The number of hydrogen-bond donors (Lipinski definition) is 1. The van der Waals surface area contributed by atoms with Gasteiger partial charge in [-0.05, 0) is 57.8 Å². The molecule has 3 heterocycles. The second kappa shape index (κ2) is 10.5. The van der Waals surface area contributed by atoms with E-state index in [0.717, 1.165) is 43.1 Å². The van der Waals surface area contributed by atoms with Gasteiger partial charge in [0.25, 0.3) is 5.56 Å². The molecule has 1 aliphatic heterocycles. The van der Waals surface area contributed by atoms with E-state index in [0.29, 0.717) is 12.2 Å². The molecule has 1 N–H and O–H groups in total. The van der Waals surface area contributed by atoms with Gasteiger partial charge in [-0.1, -0.05) is 41.9 Å². The van der Waals surface area contributed by atoms with E-state index in [1.54, 1.807) is 6.07 Å². The zero-order chi connectivity index (χ0) is 23.2. The van der Waals surface area contributed by atoms with Crippen molar-refractivity contribution in [2.75, 3.05) is 26.2 Å². The number of aryl methyl sites for hydroxylation is 1. The van der Waals surface area contributed by atoms with Gasteiger partial charge in [-0.3, -0.25) is 9.59 Å². The number of benzene rings is 1. The Bertz CT molecular complexity index is 1130. The van der Waals surface area contributed by atoms with E-state index < -0.39 is 5.91 Å². The second-order valence-electron chi connectivity index (χ2n) is 8.73. The topological polar surface area (TPSA) is 106 Å². The average Bonchev–Trinajstić information content (AvgIpc) is 3.28. The van der Waals surface area contributed by atoms with Crippen molar-refractivity contribution in [3.05, 3.63) is 64.0 Å². The Hall–Kier alpha value is -3.33. The number of piperidine rings is 1. The summed E-state index contributed by atoms with van der Waals surface area (Å²) in [5, 5.41) is 11.1. The first-order valence-corrected chi connectivity index (χ1v) is 11.5. The van der Waals surface area contributed by atoms with Gasteiger partial charge in [0, 0.05) is 18.2 Å². The third kappa shape index (κ3) is 6.13. The Labute approximate surface area is 192 Å². The third-order valence-corrected chi connectivity index (χ3v) is 5.98. The molecule has 0 radical (unpaired) electrons. The Morgan fingerprint density at radius 3 is 2.67 bits per heavy atom. The van der Waals surface area contributed by atoms with Crippen LogP contribution in [0.3, 0.4) is 0 Å². The first kappa shape index (κ1) is 22.8. The van der Waals surface area contributed by atoms with Crippen LogP contribution in [0.1, 0.15) is 48.3 Å². The van der Waals surface area contributed by atoms with E-state index >= 15 is 0 Å². The van der Waals surface area contributed by atoms with Crippen molar-refractivity contribution in [2.24, 2.45) is 5.92 Å². The summed E-state index contributed by atoms with van der Waals surface area (Å²) < 4.78 is 6.36. The van der Waals surface area contributed by atoms with Crippen LogP contribution < -0.4 is 10.9 Å². The number of hydrogen-bond acceptors (Lipinski definition) is 7. The fourth-order valence-electron chi connectivity index (χ4n) is 3.85. The Balaban J connectivity index is 1.31. The lowest BCUT2D eigenvalue weighted by Gasteiger charge is -2.30. The highest BCUT2D eigenvalue weighted by Crippen LogP contribution is 2.16. The Morgan fingerprint density at radius 2 is 1.91 bits per heavy atom. The molecule has 0 aliphatic carbocycles. The van der Waals surface area contributed by atoms with Gasteiger partial charge in [-0.25, -0.2) is 4.68 Å². The molecule has 1 aliphatic rings. The van der Waals surface area contributed by atoms with Crippen molar-refractivity contribution in [1.82, 2.24) is 30.1 Å². The minimum atomic E-state index is -0.408. The SMILES string of the molecule is Cc1ccc(-c2ccc(=O)n(Cc3noc(C(=O)NCCCN4CCC(C)CC4)n3)n2)cc1. The Morgan fingerprint density at radius 1 is 1.15 bits per heavy atom. The van der Waals surface area contributed by atoms with Crippen molar-refractivity contribution in [2.45, 2.75) is 39.7 Å². The number of amides is 1. The minimum Gasteiger partial charge on any atom is -0.348 e. The molecule has 3 aromatic rings. The molecule has 174 valence electrons. The maximum Gasteiger partial charge on any atom is 0.316 e. The summed E-state index contributed by atoms with van der Waals surface area (Å²) in [5.41, 5.74) is 2.43. The number of nitrogens with zero attached hydrogens (tertiary/aromatic N) is 5. The number of carbonyl (C=O) groups is 1. The number of nitrogens with one attached hydrogen (secondary N) is 1. The summed E-state index contributed by atoms with van der Waals surface area (Å²) in [7, 11) is 0. The standard InChI is InChI=1S/C24H30N6O3/c1-17-4-6-19(7-5-17)20-8-9-22(31)30(27-20)16-21-26-24(33-28-21)23(32)25-12-3-13-29-14-10-18(2)11-15-29/h4-9,18H,3,10-16H2,1-2H3,(H,25,32). The van der Waals surface area contributed by atoms with Crippen LogP contribution in [0.25, 0.3) is 11.3 Å². The molecular formula is C24H30N6O3. The van der Waals surface area contributed by atoms with E-state index in [4.69, 9.17) is 4.52 Å². The number of carbonyl (C=O) groups excluding carboxylic acids is 1.